The number of carboxylic acid groups (broad SMARTS) is 1. The zero-order valence-corrected chi connectivity index (χ0v) is 13.7. The third-order valence-corrected chi connectivity index (χ3v) is 3.64. The monoisotopic (exact) mass is 352 g/mol. The lowest BCUT2D eigenvalue weighted by molar-refractivity contribution is 0.0697. The Kier molecular flexibility index (Phi) is 5.28. The van der Waals surface area contributed by atoms with Gasteiger partial charge in [0.05, 0.1) is 30.3 Å². The predicted molar refractivity (Wildman–Crippen MR) is 92.7 cm³/mol. The summed E-state index contributed by atoms with van der Waals surface area (Å²) in [7, 11) is 0. The van der Waals surface area contributed by atoms with Crippen LogP contribution in [-0.4, -0.2) is 22.2 Å². The lowest BCUT2D eigenvalue weighted by Crippen LogP contribution is -2.32. The fourth-order valence-corrected chi connectivity index (χ4v) is 2.39. The average Bonchev–Trinajstić information content (AvgIpc) is 3.18. The number of pyridine rings is 1. The molecule has 0 aliphatic rings. The van der Waals surface area contributed by atoms with E-state index in [-0.39, 0.29) is 24.4 Å². The number of hydrogen-bond acceptors (Lipinski definition) is 5. The van der Waals surface area contributed by atoms with Gasteiger partial charge in [0.15, 0.2) is 0 Å². The number of carboxylic acids is 1. The Morgan fingerprint density at radius 2 is 1.92 bits per heavy atom. The molecule has 0 unspecified atom stereocenters. The van der Waals surface area contributed by atoms with Gasteiger partial charge in [-0.25, -0.2) is 9.59 Å². The SMILES string of the molecule is O=C(O)c1ccncc1N(Cc1ccco1)C(=O)OCc1ccccc1. The summed E-state index contributed by atoms with van der Waals surface area (Å²) >= 11 is 0. The Morgan fingerprint density at radius 1 is 1.12 bits per heavy atom. The highest BCUT2D eigenvalue weighted by Crippen LogP contribution is 2.23. The van der Waals surface area contributed by atoms with Crippen LogP contribution in [0.3, 0.4) is 0 Å². The van der Waals surface area contributed by atoms with E-state index >= 15 is 0 Å². The summed E-state index contributed by atoms with van der Waals surface area (Å²) in [6, 6.07) is 13.9. The molecule has 1 amide bonds. The van der Waals surface area contributed by atoms with Crippen molar-refractivity contribution < 1.29 is 23.8 Å². The van der Waals surface area contributed by atoms with Gasteiger partial charge < -0.3 is 14.3 Å². The lowest BCUT2D eigenvalue weighted by Gasteiger charge is -2.22. The van der Waals surface area contributed by atoms with Gasteiger partial charge in [-0.05, 0) is 23.8 Å². The van der Waals surface area contributed by atoms with E-state index in [9.17, 15) is 14.7 Å². The third kappa shape index (κ3) is 4.07. The van der Waals surface area contributed by atoms with Crippen LogP contribution in [0.15, 0.2) is 71.6 Å². The Balaban J connectivity index is 1.86. The number of anilines is 1. The molecule has 0 saturated carbocycles. The van der Waals surface area contributed by atoms with E-state index in [1.807, 2.05) is 30.3 Å². The number of furan rings is 1. The molecule has 2 aromatic heterocycles. The summed E-state index contributed by atoms with van der Waals surface area (Å²) in [5, 5.41) is 9.40. The van der Waals surface area contributed by atoms with Gasteiger partial charge in [-0.15, -0.1) is 0 Å². The predicted octanol–water partition coefficient (Wildman–Crippen LogP) is 3.72. The van der Waals surface area contributed by atoms with Gasteiger partial charge in [-0.3, -0.25) is 9.88 Å². The van der Waals surface area contributed by atoms with E-state index in [0.29, 0.717) is 5.76 Å². The van der Waals surface area contributed by atoms with E-state index < -0.39 is 12.1 Å². The number of nitrogens with zero attached hydrogens (tertiary/aromatic N) is 2. The number of aromatic carboxylic acids is 1. The maximum Gasteiger partial charge on any atom is 0.415 e. The summed E-state index contributed by atoms with van der Waals surface area (Å²) in [5.41, 5.74) is 0.904. The molecule has 1 N–H and O–H groups in total. The van der Waals surface area contributed by atoms with Gasteiger partial charge in [0, 0.05) is 6.20 Å². The van der Waals surface area contributed by atoms with Crippen molar-refractivity contribution in [3.8, 4) is 0 Å². The molecule has 132 valence electrons. The largest absolute Gasteiger partial charge is 0.478 e. The molecule has 7 nitrogen and oxygen atoms in total. The van der Waals surface area contributed by atoms with Crippen LogP contribution in [0, 0.1) is 0 Å². The lowest BCUT2D eigenvalue weighted by atomic mass is 10.2. The average molecular weight is 352 g/mol. The maximum atomic E-state index is 12.7. The molecular weight excluding hydrogens is 336 g/mol. The number of ether oxygens (including phenoxy) is 1. The first-order chi connectivity index (χ1) is 12.6. The van der Waals surface area contributed by atoms with Crippen LogP contribution >= 0.6 is 0 Å². The minimum Gasteiger partial charge on any atom is -0.478 e. The van der Waals surface area contributed by atoms with E-state index in [1.54, 1.807) is 12.1 Å². The number of rotatable bonds is 6. The second kappa shape index (κ2) is 7.98. The minimum absolute atomic E-state index is 0.0204. The van der Waals surface area contributed by atoms with Crippen molar-refractivity contribution in [2.75, 3.05) is 4.90 Å². The summed E-state index contributed by atoms with van der Waals surface area (Å²) in [6.45, 7) is 0.0869. The van der Waals surface area contributed by atoms with Crippen molar-refractivity contribution in [1.82, 2.24) is 4.98 Å². The Morgan fingerprint density at radius 3 is 2.62 bits per heavy atom. The highest BCUT2D eigenvalue weighted by molar-refractivity contribution is 5.99. The van der Waals surface area contributed by atoms with Crippen LogP contribution in [-0.2, 0) is 17.9 Å². The smallest absolute Gasteiger partial charge is 0.415 e. The molecule has 0 spiro atoms. The standard InChI is InChI=1S/C19H16N2O5/c22-18(23)16-8-9-20-11-17(16)21(12-15-7-4-10-25-15)19(24)26-13-14-5-2-1-3-6-14/h1-11H,12-13H2,(H,22,23). The summed E-state index contributed by atoms with van der Waals surface area (Å²) in [6.07, 6.45) is 3.45. The highest BCUT2D eigenvalue weighted by atomic mass is 16.6. The zero-order valence-electron chi connectivity index (χ0n) is 13.7. The molecular formula is C19H16N2O5. The highest BCUT2D eigenvalue weighted by Gasteiger charge is 2.24. The molecule has 1 aromatic carbocycles. The molecule has 0 bridgehead atoms. The molecule has 0 aliphatic carbocycles. The van der Waals surface area contributed by atoms with Gasteiger partial charge in [0.2, 0.25) is 0 Å². The molecule has 0 radical (unpaired) electrons. The second-order valence-electron chi connectivity index (χ2n) is 5.40. The van der Waals surface area contributed by atoms with Crippen molar-refractivity contribution in [3.63, 3.8) is 0 Å². The van der Waals surface area contributed by atoms with Gasteiger partial charge in [-0.2, -0.15) is 0 Å². The van der Waals surface area contributed by atoms with Crippen LogP contribution < -0.4 is 4.90 Å². The Labute approximate surface area is 149 Å². The number of carbonyl (C=O) groups is 2. The van der Waals surface area contributed by atoms with E-state index in [1.165, 1.54) is 29.6 Å². The van der Waals surface area contributed by atoms with Crippen molar-refractivity contribution in [2.45, 2.75) is 13.2 Å². The topological polar surface area (TPSA) is 92.9 Å². The molecule has 0 aliphatic heterocycles. The van der Waals surface area contributed by atoms with Crippen molar-refractivity contribution >= 4 is 17.7 Å². The van der Waals surface area contributed by atoms with Crippen molar-refractivity contribution in [1.29, 1.82) is 0 Å². The van der Waals surface area contributed by atoms with Crippen LogP contribution in [0.2, 0.25) is 0 Å². The molecule has 7 heteroatoms. The van der Waals surface area contributed by atoms with Gasteiger partial charge in [0.25, 0.3) is 0 Å². The Bertz CT molecular complexity index is 878. The molecule has 0 atom stereocenters. The third-order valence-electron chi connectivity index (χ3n) is 3.64. The number of carbonyl (C=O) groups excluding carboxylic acids is 1. The molecule has 0 saturated heterocycles. The van der Waals surface area contributed by atoms with Crippen LogP contribution in [0.25, 0.3) is 0 Å². The zero-order chi connectivity index (χ0) is 18.4. The summed E-state index contributed by atoms with van der Waals surface area (Å²) in [5.74, 6) is -0.676. The molecule has 2 heterocycles. The molecule has 3 aromatic rings. The van der Waals surface area contributed by atoms with Crippen molar-refractivity contribution in [3.05, 3.63) is 84.1 Å². The molecule has 0 fully saturated rings. The fraction of sp³-hybridized carbons (Fsp3) is 0.105. The van der Waals surface area contributed by atoms with E-state index in [0.717, 1.165) is 5.56 Å². The van der Waals surface area contributed by atoms with E-state index in [2.05, 4.69) is 4.98 Å². The summed E-state index contributed by atoms with van der Waals surface area (Å²) in [4.78, 5) is 29.3. The van der Waals surface area contributed by atoms with Gasteiger partial charge in [0.1, 0.15) is 12.4 Å². The molecule has 26 heavy (non-hydrogen) atoms. The van der Waals surface area contributed by atoms with Crippen molar-refractivity contribution in [2.24, 2.45) is 0 Å². The van der Waals surface area contributed by atoms with Crippen LogP contribution in [0.4, 0.5) is 10.5 Å². The maximum absolute atomic E-state index is 12.7. The Hall–Kier alpha value is -3.61. The fourth-order valence-electron chi connectivity index (χ4n) is 2.39. The van der Waals surface area contributed by atoms with Crippen LogP contribution in [0.5, 0.6) is 0 Å². The normalized spacial score (nSPS) is 10.3. The van der Waals surface area contributed by atoms with Gasteiger partial charge in [-0.1, -0.05) is 30.3 Å². The summed E-state index contributed by atoms with van der Waals surface area (Å²) < 4.78 is 10.6. The first-order valence-corrected chi connectivity index (χ1v) is 7.83. The second-order valence-corrected chi connectivity index (χ2v) is 5.40. The number of aromatic nitrogens is 1. The number of hydrogen-bond donors (Lipinski definition) is 1. The molecule has 3 rings (SSSR count). The number of amides is 1. The first kappa shape index (κ1) is 17.2. The first-order valence-electron chi connectivity index (χ1n) is 7.83. The van der Waals surface area contributed by atoms with E-state index in [4.69, 9.17) is 9.15 Å². The minimum atomic E-state index is -1.16. The van der Waals surface area contributed by atoms with Gasteiger partial charge >= 0.3 is 12.1 Å². The quantitative estimate of drug-likeness (QED) is 0.727. The van der Waals surface area contributed by atoms with Crippen LogP contribution in [0.1, 0.15) is 21.7 Å². The number of benzene rings is 1.